The Morgan fingerprint density at radius 3 is 2.80 bits per heavy atom. The fourth-order valence-corrected chi connectivity index (χ4v) is 2.47. The highest BCUT2D eigenvalue weighted by Crippen LogP contribution is 2.13. The van der Waals surface area contributed by atoms with E-state index in [1.807, 2.05) is 12.1 Å². The number of hydrogen-bond acceptors (Lipinski definition) is 3. The van der Waals surface area contributed by atoms with E-state index in [9.17, 15) is 9.59 Å². The summed E-state index contributed by atoms with van der Waals surface area (Å²) in [6.07, 6.45) is 3.05. The van der Waals surface area contributed by atoms with Crippen molar-refractivity contribution in [2.75, 3.05) is 13.1 Å². The van der Waals surface area contributed by atoms with Gasteiger partial charge in [-0.2, -0.15) is 0 Å². The van der Waals surface area contributed by atoms with Crippen LogP contribution < -0.4 is 5.56 Å². The van der Waals surface area contributed by atoms with Gasteiger partial charge in [0.05, 0.1) is 0 Å². The Morgan fingerprint density at radius 1 is 1.15 bits per heavy atom. The molecular weight excluding hydrogens is 254 g/mol. The zero-order valence-electron chi connectivity index (χ0n) is 11.0. The van der Waals surface area contributed by atoms with Crippen LogP contribution >= 0.6 is 0 Å². The summed E-state index contributed by atoms with van der Waals surface area (Å²) >= 11 is 0. The third-order valence-electron chi connectivity index (χ3n) is 3.55. The van der Waals surface area contributed by atoms with Crippen LogP contribution in [0.5, 0.6) is 0 Å². The van der Waals surface area contributed by atoms with E-state index in [2.05, 4.69) is 9.97 Å². The molecule has 2 aromatic heterocycles. The van der Waals surface area contributed by atoms with Gasteiger partial charge in [-0.15, -0.1) is 0 Å². The molecule has 0 saturated heterocycles. The first kappa shape index (κ1) is 12.6. The molecule has 1 N–H and O–H groups in total. The molecule has 5 heteroatoms. The first-order valence-electron chi connectivity index (χ1n) is 6.65. The summed E-state index contributed by atoms with van der Waals surface area (Å²) < 4.78 is 0. The number of pyridine rings is 2. The minimum atomic E-state index is -0.0896. The zero-order valence-corrected chi connectivity index (χ0v) is 11.0. The second-order valence-corrected chi connectivity index (χ2v) is 4.83. The zero-order chi connectivity index (χ0) is 13.9. The number of hydrogen-bond donors (Lipinski definition) is 1. The highest BCUT2D eigenvalue weighted by Gasteiger charge is 2.20. The van der Waals surface area contributed by atoms with Crippen LogP contribution in [0.1, 0.15) is 21.7 Å². The second kappa shape index (κ2) is 5.28. The molecule has 1 amide bonds. The number of rotatable bonds is 1. The maximum atomic E-state index is 12.4. The lowest BCUT2D eigenvalue weighted by molar-refractivity contribution is 0.0757. The highest BCUT2D eigenvalue weighted by molar-refractivity contribution is 5.92. The molecule has 0 spiro atoms. The van der Waals surface area contributed by atoms with Gasteiger partial charge >= 0.3 is 0 Å². The first-order chi connectivity index (χ1) is 9.74. The highest BCUT2D eigenvalue weighted by atomic mass is 16.2. The van der Waals surface area contributed by atoms with Gasteiger partial charge < -0.3 is 9.88 Å². The van der Waals surface area contributed by atoms with Crippen molar-refractivity contribution in [3.8, 4) is 0 Å². The lowest BCUT2D eigenvalue weighted by Crippen LogP contribution is -2.33. The molecule has 0 aliphatic carbocycles. The van der Waals surface area contributed by atoms with Crippen LogP contribution in [0.15, 0.2) is 41.3 Å². The minimum absolute atomic E-state index is 0.0549. The van der Waals surface area contributed by atoms with Gasteiger partial charge in [-0.25, -0.2) is 0 Å². The molecule has 102 valence electrons. The van der Waals surface area contributed by atoms with Crippen LogP contribution in [0.3, 0.4) is 0 Å². The molecule has 3 rings (SSSR count). The van der Waals surface area contributed by atoms with Crippen LogP contribution in [0.2, 0.25) is 0 Å². The van der Waals surface area contributed by atoms with Crippen LogP contribution in [0.4, 0.5) is 0 Å². The molecule has 0 unspecified atom stereocenters. The summed E-state index contributed by atoms with van der Waals surface area (Å²) in [7, 11) is 0. The fraction of sp³-hybridized carbons (Fsp3) is 0.267. The topological polar surface area (TPSA) is 66.1 Å². The van der Waals surface area contributed by atoms with Gasteiger partial charge in [0, 0.05) is 37.5 Å². The molecule has 2 aromatic rings. The molecule has 1 aliphatic heterocycles. The Balaban J connectivity index is 1.80. The molecule has 0 radical (unpaired) electrons. The molecule has 5 nitrogen and oxygen atoms in total. The average Bonchev–Trinajstić information content (AvgIpc) is 2.69. The number of aromatic amines is 1. The standard InChI is InChI=1S/C15H15N3O2/c19-14-5-4-11-6-9-18(10-7-12(11)17-14)15(20)13-3-1-2-8-16-13/h1-5,8H,6-7,9-10H2,(H,17,19). The SMILES string of the molecule is O=C(c1ccccn1)N1CCc2ccc(=O)[nH]c2CC1. The number of aromatic nitrogens is 2. The minimum Gasteiger partial charge on any atom is -0.337 e. The van der Waals surface area contributed by atoms with E-state index < -0.39 is 0 Å². The number of carbonyl (C=O) groups excluding carboxylic acids is 1. The van der Waals surface area contributed by atoms with Crippen molar-refractivity contribution < 1.29 is 4.79 Å². The van der Waals surface area contributed by atoms with Gasteiger partial charge in [-0.1, -0.05) is 12.1 Å². The monoisotopic (exact) mass is 269 g/mol. The fourth-order valence-electron chi connectivity index (χ4n) is 2.47. The Bertz CT molecular complexity index is 679. The number of H-pyrrole nitrogens is 1. The van der Waals surface area contributed by atoms with Crippen molar-refractivity contribution in [2.45, 2.75) is 12.8 Å². The van der Waals surface area contributed by atoms with Crippen LogP contribution in [0.25, 0.3) is 0 Å². The van der Waals surface area contributed by atoms with Crippen LogP contribution in [0, 0.1) is 0 Å². The van der Waals surface area contributed by atoms with Crippen molar-refractivity contribution in [1.82, 2.24) is 14.9 Å². The smallest absolute Gasteiger partial charge is 0.272 e. The summed E-state index contributed by atoms with van der Waals surface area (Å²) in [6, 6.07) is 8.71. The number of nitrogens with one attached hydrogen (secondary N) is 1. The third kappa shape index (κ3) is 2.47. The molecule has 0 aromatic carbocycles. The van der Waals surface area contributed by atoms with E-state index in [4.69, 9.17) is 0 Å². The van der Waals surface area contributed by atoms with E-state index in [1.54, 1.807) is 23.2 Å². The van der Waals surface area contributed by atoms with Gasteiger partial charge in [0.25, 0.3) is 5.91 Å². The predicted octanol–water partition coefficient (Wildman–Crippen LogP) is 1.01. The normalized spacial score (nSPS) is 14.5. The van der Waals surface area contributed by atoms with Crippen molar-refractivity contribution in [1.29, 1.82) is 0 Å². The van der Waals surface area contributed by atoms with Crippen molar-refractivity contribution >= 4 is 5.91 Å². The number of carbonyl (C=O) groups is 1. The van der Waals surface area contributed by atoms with E-state index in [0.717, 1.165) is 17.7 Å². The molecule has 0 saturated carbocycles. The first-order valence-corrected chi connectivity index (χ1v) is 6.65. The van der Waals surface area contributed by atoms with Crippen LogP contribution in [-0.2, 0) is 12.8 Å². The predicted molar refractivity (Wildman–Crippen MR) is 74.6 cm³/mol. The number of amides is 1. The summed E-state index contributed by atoms with van der Waals surface area (Å²) in [5.41, 5.74) is 2.43. The van der Waals surface area contributed by atoms with Gasteiger partial charge in [0.2, 0.25) is 5.56 Å². The molecule has 0 atom stereocenters. The number of fused-ring (bicyclic) bond motifs is 1. The van der Waals surface area contributed by atoms with E-state index in [1.165, 1.54) is 6.07 Å². The van der Waals surface area contributed by atoms with Crippen molar-refractivity contribution in [3.63, 3.8) is 0 Å². The molecule has 20 heavy (non-hydrogen) atoms. The van der Waals surface area contributed by atoms with E-state index in [-0.39, 0.29) is 11.5 Å². The Kier molecular flexibility index (Phi) is 3.33. The Hall–Kier alpha value is -2.43. The van der Waals surface area contributed by atoms with Gasteiger partial charge in [-0.3, -0.25) is 14.6 Å². The quantitative estimate of drug-likeness (QED) is 0.840. The van der Waals surface area contributed by atoms with Gasteiger partial charge in [0.15, 0.2) is 0 Å². The van der Waals surface area contributed by atoms with E-state index in [0.29, 0.717) is 25.2 Å². The Labute approximate surface area is 116 Å². The third-order valence-corrected chi connectivity index (χ3v) is 3.55. The maximum Gasteiger partial charge on any atom is 0.272 e. The lowest BCUT2D eigenvalue weighted by atomic mass is 10.1. The number of nitrogens with zero attached hydrogens (tertiary/aromatic N) is 2. The molecular formula is C15H15N3O2. The summed E-state index contributed by atoms with van der Waals surface area (Å²) in [4.78, 5) is 32.5. The lowest BCUT2D eigenvalue weighted by Gasteiger charge is -2.19. The van der Waals surface area contributed by atoms with Gasteiger partial charge in [-0.05, 0) is 24.1 Å². The molecule has 0 bridgehead atoms. The van der Waals surface area contributed by atoms with Crippen molar-refractivity contribution in [2.24, 2.45) is 0 Å². The summed E-state index contributed by atoms with van der Waals surface area (Å²) in [6.45, 7) is 1.25. The maximum absolute atomic E-state index is 12.4. The van der Waals surface area contributed by atoms with E-state index >= 15 is 0 Å². The molecule has 3 heterocycles. The molecule has 0 fully saturated rings. The largest absolute Gasteiger partial charge is 0.337 e. The molecule has 1 aliphatic rings. The summed E-state index contributed by atoms with van der Waals surface area (Å²) in [5, 5.41) is 0. The Morgan fingerprint density at radius 2 is 2.00 bits per heavy atom. The summed E-state index contributed by atoms with van der Waals surface area (Å²) in [5.74, 6) is -0.0549. The van der Waals surface area contributed by atoms with Crippen LogP contribution in [-0.4, -0.2) is 33.9 Å². The average molecular weight is 269 g/mol. The van der Waals surface area contributed by atoms with Crippen molar-refractivity contribution in [3.05, 3.63) is 63.8 Å². The second-order valence-electron chi connectivity index (χ2n) is 4.83. The van der Waals surface area contributed by atoms with Gasteiger partial charge in [0.1, 0.15) is 5.69 Å².